The number of allylic oxidation sites excluding steroid dienone is 1. The predicted octanol–water partition coefficient (Wildman–Crippen LogP) is 5.34. The highest BCUT2D eigenvalue weighted by Gasteiger charge is 2.60. The fourth-order valence-corrected chi connectivity index (χ4v) is 7.28. The lowest BCUT2D eigenvalue weighted by Gasteiger charge is -2.57. The molecule has 0 amide bonds. The SMILES string of the molecule is CCC(=O)OC(C)OC(=O)OC1CCC2C3CCC4=CC(=O)CCC4(C)C3CCC12C. The number of fused-ring (bicyclic) bond motifs is 5. The number of hydrogen-bond acceptors (Lipinski definition) is 6. The Morgan fingerprint density at radius 1 is 1.06 bits per heavy atom. The molecule has 6 heteroatoms. The summed E-state index contributed by atoms with van der Waals surface area (Å²) in [6.07, 6.45) is 8.14. The molecule has 0 aromatic rings. The lowest BCUT2D eigenvalue weighted by molar-refractivity contribution is -0.170. The Morgan fingerprint density at radius 3 is 2.58 bits per heavy atom. The number of carbonyl (C=O) groups is 3. The lowest BCUT2D eigenvalue weighted by atomic mass is 9.47. The van der Waals surface area contributed by atoms with E-state index in [4.69, 9.17) is 14.2 Å². The van der Waals surface area contributed by atoms with Crippen molar-refractivity contribution in [2.75, 3.05) is 0 Å². The molecule has 0 aliphatic heterocycles. The number of ketones is 1. The van der Waals surface area contributed by atoms with E-state index in [-0.39, 0.29) is 23.4 Å². The van der Waals surface area contributed by atoms with Crippen LogP contribution in [-0.4, -0.2) is 30.3 Å². The largest absolute Gasteiger partial charge is 0.511 e. The van der Waals surface area contributed by atoms with Gasteiger partial charge in [-0.1, -0.05) is 26.3 Å². The van der Waals surface area contributed by atoms with Crippen LogP contribution in [0.4, 0.5) is 4.79 Å². The Bertz CT molecular complexity index is 787. The summed E-state index contributed by atoms with van der Waals surface area (Å²) < 4.78 is 16.0. The van der Waals surface area contributed by atoms with Gasteiger partial charge in [0.2, 0.25) is 6.29 Å². The average molecular weight is 433 g/mol. The van der Waals surface area contributed by atoms with Gasteiger partial charge in [0.05, 0.1) is 0 Å². The van der Waals surface area contributed by atoms with Gasteiger partial charge in [0.25, 0.3) is 0 Å². The molecule has 0 bridgehead atoms. The first-order chi connectivity index (χ1) is 14.7. The molecule has 7 unspecified atom stereocenters. The van der Waals surface area contributed by atoms with Crippen LogP contribution in [0.5, 0.6) is 0 Å². The zero-order valence-electron chi connectivity index (χ0n) is 19.3. The normalized spacial score (nSPS) is 40.0. The topological polar surface area (TPSA) is 78.9 Å². The molecule has 172 valence electrons. The van der Waals surface area contributed by atoms with E-state index >= 15 is 0 Å². The first kappa shape index (κ1) is 22.3. The van der Waals surface area contributed by atoms with Crippen molar-refractivity contribution in [3.05, 3.63) is 11.6 Å². The summed E-state index contributed by atoms with van der Waals surface area (Å²) in [4.78, 5) is 35.7. The monoisotopic (exact) mass is 432 g/mol. The minimum absolute atomic E-state index is 0.0500. The Kier molecular flexibility index (Phi) is 5.95. The van der Waals surface area contributed by atoms with Gasteiger partial charge in [-0.3, -0.25) is 9.59 Å². The third-order valence-corrected chi connectivity index (χ3v) is 8.96. The maximum Gasteiger partial charge on any atom is 0.511 e. The molecular weight excluding hydrogens is 396 g/mol. The molecule has 4 aliphatic rings. The Balaban J connectivity index is 1.43. The summed E-state index contributed by atoms with van der Waals surface area (Å²) in [6, 6.07) is 0. The first-order valence-electron chi connectivity index (χ1n) is 12.0. The quantitative estimate of drug-likeness (QED) is 0.441. The first-order valence-corrected chi connectivity index (χ1v) is 12.0. The standard InChI is InChI=1S/C25H36O6/c1-5-22(27)29-15(2)30-23(28)31-21-9-8-19-18-7-6-16-14-17(26)10-12-24(16,3)20(18)11-13-25(19,21)4/h14-15,18-21H,5-13H2,1-4H3. The molecule has 0 N–H and O–H groups in total. The van der Waals surface area contributed by atoms with Crippen molar-refractivity contribution in [3.8, 4) is 0 Å². The molecule has 0 radical (unpaired) electrons. The molecule has 6 nitrogen and oxygen atoms in total. The minimum Gasteiger partial charge on any atom is -0.430 e. The van der Waals surface area contributed by atoms with Gasteiger partial charge in [-0.15, -0.1) is 0 Å². The van der Waals surface area contributed by atoms with Crippen LogP contribution in [0.1, 0.15) is 85.5 Å². The van der Waals surface area contributed by atoms with Crippen molar-refractivity contribution < 1.29 is 28.6 Å². The van der Waals surface area contributed by atoms with Gasteiger partial charge in [0, 0.05) is 25.2 Å². The molecule has 0 aromatic heterocycles. The zero-order chi connectivity index (χ0) is 22.4. The van der Waals surface area contributed by atoms with Crippen LogP contribution in [0.2, 0.25) is 0 Å². The van der Waals surface area contributed by atoms with Crippen molar-refractivity contribution in [3.63, 3.8) is 0 Å². The Morgan fingerprint density at radius 2 is 1.84 bits per heavy atom. The van der Waals surface area contributed by atoms with E-state index in [1.54, 1.807) is 6.92 Å². The molecule has 0 heterocycles. The molecule has 0 saturated heterocycles. The van der Waals surface area contributed by atoms with Crippen molar-refractivity contribution >= 4 is 17.9 Å². The predicted molar refractivity (Wildman–Crippen MR) is 114 cm³/mol. The fraction of sp³-hybridized carbons (Fsp3) is 0.800. The number of hydrogen-bond donors (Lipinski definition) is 0. The summed E-state index contributed by atoms with van der Waals surface area (Å²) in [5, 5.41) is 0. The van der Waals surface area contributed by atoms with Gasteiger partial charge in [-0.25, -0.2) is 4.79 Å². The summed E-state index contributed by atoms with van der Waals surface area (Å²) in [6.45, 7) is 7.88. The number of carbonyl (C=O) groups excluding carboxylic acids is 3. The van der Waals surface area contributed by atoms with Gasteiger partial charge < -0.3 is 14.2 Å². The third kappa shape index (κ3) is 3.91. The minimum atomic E-state index is -0.946. The van der Waals surface area contributed by atoms with Crippen molar-refractivity contribution in [1.29, 1.82) is 0 Å². The molecule has 0 spiro atoms. The molecule has 4 aliphatic carbocycles. The summed E-state index contributed by atoms with van der Waals surface area (Å²) in [5.74, 6) is 1.63. The van der Waals surface area contributed by atoms with Crippen LogP contribution in [-0.2, 0) is 23.8 Å². The number of rotatable bonds is 4. The van der Waals surface area contributed by atoms with Crippen molar-refractivity contribution in [2.24, 2.45) is 28.6 Å². The van der Waals surface area contributed by atoms with Gasteiger partial charge in [-0.05, 0) is 74.2 Å². The zero-order valence-corrected chi connectivity index (χ0v) is 19.3. The second kappa shape index (κ2) is 8.25. The van der Waals surface area contributed by atoms with Crippen LogP contribution < -0.4 is 0 Å². The Labute approximate surface area is 185 Å². The third-order valence-electron chi connectivity index (χ3n) is 8.96. The summed E-state index contributed by atoms with van der Waals surface area (Å²) in [7, 11) is 0. The van der Waals surface area contributed by atoms with E-state index in [9.17, 15) is 14.4 Å². The van der Waals surface area contributed by atoms with Gasteiger partial charge in [0.1, 0.15) is 6.10 Å². The molecular formula is C25H36O6. The van der Waals surface area contributed by atoms with Crippen molar-refractivity contribution in [1.82, 2.24) is 0 Å². The van der Waals surface area contributed by atoms with Crippen LogP contribution in [0, 0.1) is 28.6 Å². The molecule has 7 atom stereocenters. The smallest absolute Gasteiger partial charge is 0.430 e. The molecule has 3 fully saturated rings. The number of esters is 1. The average Bonchev–Trinajstić information content (AvgIpc) is 3.04. The van der Waals surface area contributed by atoms with E-state index < -0.39 is 18.4 Å². The molecule has 0 aromatic carbocycles. The van der Waals surface area contributed by atoms with E-state index in [1.807, 2.05) is 6.08 Å². The van der Waals surface area contributed by atoms with Gasteiger partial charge >= 0.3 is 12.1 Å². The van der Waals surface area contributed by atoms with E-state index in [0.29, 0.717) is 30.0 Å². The van der Waals surface area contributed by atoms with Crippen LogP contribution in [0.3, 0.4) is 0 Å². The second-order valence-corrected chi connectivity index (χ2v) is 10.5. The van der Waals surface area contributed by atoms with Gasteiger partial charge in [0.15, 0.2) is 5.78 Å². The molecule has 4 rings (SSSR count). The van der Waals surface area contributed by atoms with Gasteiger partial charge in [-0.2, -0.15) is 0 Å². The fourth-order valence-electron chi connectivity index (χ4n) is 7.28. The van der Waals surface area contributed by atoms with E-state index in [1.165, 1.54) is 12.5 Å². The van der Waals surface area contributed by atoms with Crippen LogP contribution >= 0.6 is 0 Å². The maximum absolute atomic E-state index is 12.4. The van der Waals surface area contributed by atoms with Crippen LogP contribution in [0.25, 0.3) is 0 Å². The highest BCUT2D eigenvalue weighted by molar-refractivity contribution is 5.91. The van der Waals surface area contributed by atoms with E-state index in [0.717, 1.165) is 44.9 Å². The maximum atomic E-state index is 12.4. The summed E-state index contributed by atoms with van der Waals surface area (Å²) in [5.41, 5.74) is 1.47. The van der Waals surface area contributed by atoms with E-state index in [2.05, 4.69) is 13.8 Å². The van der Waals surface area contributed by atoms with Crippen LogP contribution in [0.15, 0.2) is 11.6 Å². The number of ether oxygens (including phenoxy) is 3. The molecule has 31 heavy (non-hydrogen) atoms. The second-order valence-electron chi connectivity index (χ2n) is 10.5. The van der Waals surface area contributed by atoms with Crippen molar-refractivity contribution in [2.45, 2.75) is 97.9 Å². The lowest BCUT2D eigenvalue weighted by Crippen LogP contribution is -2.51. The highest BCUT2D eigenvalue weighted by atomic mass is 16.8. The Hall–Kier alpha value is -1.85. The highest BCUT2D eigenvalue weighted by Crippen LogP contribution is 2.65. The summed E-state index contributed by atoms with van der Waals surface area (Å²) >= 11 is 0. The molecule has 3 saturated carbocycles.